The molecule has 3 rings (SSSR count). The van der Waals surface area contributed by atoms with Gasteiger partial charge in [0.25, 0.3) is 5.91 Å². The number of aryl methyl sites for hydroxylation is 1. The minimum Gasteiger partial charge on any atom is -0.459 e. The number of carbonyl (C=O) groups is 1. The Morgan fingerprint density at radius 2 is 2.14 bits per heavy atom. The van der Waals surface area contributed by atoms with Crippen molar-refractivity contribution in [3.63, 3.8) is 0 Å². The van der Waals surface area contributed by atoms with Crippen LogP contribution in [0.4, 0.5) is 11.4 Å². The Labute approximate surface area is 128 Å². The third-order valence-electron chi connectivity index (χ3n) is 3.60. The Morgan fingerprint density at radius 3 is 2.77 bits per heavy atom. The van der Waals surface area contributed by atoms with Gasteiger partial charge in [-0.25, -0.2) is 8.42 Å². The molecule has 2 aromatic rings. The topological polar surface area (TPSA) is 79.6 Å². The number of rotatable bonds is 3. The number of sulfonamides is 1. The van der Waals surface area contributed by atoms with Gasteiger partial charge in [-0.1, -0.05) is 6.07 Å². The molecule has 1 fully saturated rings. The van der Waals surface area contributed by atoms with E-state index in [1.54, 1.807) is 30.3 Å². The molecule has 1 saturated heterocycles. The summed E-state index contributed by atoms with van der Waals surface area (Å²) in [5, 5.41) is 2.75. The van der Waals surface area contributed by atoms with E-state index in [9.17, 15) is 13.2 Å². The molecule has 1 aromatic carbocycles. The third kappa shape index (κ3) is 2.71. The van der Waals surface area contributed by atoms with Crippen molar-refractivity contribution in [2.75, 3.05) is 21.9 Å². The van der Waals surface area contributed by atoms with Crippen molar-refractivity contribution >= 4 is 27.3 Å². The molecule has 116 valence electrons. The van der Waals surface area contributed by atoms with Crippen molar-refractivity contribution in [3.05, 3.63) is 47.9 Å². The molecule has 1 amide bonds. The number of furan rings is 1. The number of carbonyl (C=O) groups excluding carboxylic acids is 1. The first kappa shape index (κ1) is 14.6. The van der Waals surface area contributed by atoms with Crippen molar-refractivity contribution < 1.29 is 17.6 Å². The first-order valence-electron chi connectivity index (χ1n) is 6.93. The maximum Gasteiger partial charge on any atom is 0.291 e. The molecule has 1 aromatic heterocycles. The number of hydrogen-bond donors (Lipinski definition) is 1. The molecular weight excluding hydrogens is 304 g/mol. The summed E-state index contributed by atoms with van der Waals surface area (Å²) in [5.74, 6) is 0.00253. The summed E-state index contributed by atoms with van der Waals surface area (Å²) in [5.41, 5.74) is 1.99. The van der Waals surface area contributed by atoms with Crippen molar-refractivity contribution in [1.82, 2.24) is 0 Å². The predicted octanol–water partition coefficient (Wildman–Crippen LogP) is 2.38. The van der Waals surface area contributed by atoms with Crippen LogP contribution in [0.25, 0.3) is 0 Å². The van der Waals surface area contributed by atoms with Gasteiger partial charge in [-0.15, -0.1) is 0 Å². The molecule has 22 heavy (non-hydrogen) atoms. The van der Waals surface area contributed by atoms with Crippen LogP contribution in [0.5, 0.6) is 0 Å². The molecule has 1 N–H and O–H groups in total. The lowest BCUT2D eigenvalue weighted by atomic mass is 10.1. The van der Waals surface area contributed by atoms with E-state index in [2.05, 4.69) is 5.32 Å². The molecule has 0 atom stereocenters. The number of nitrogens with zero attached hydrogens (tertiary/aromatic N) is 1. The molecule has 2 heterocycles. The van der Waals surface area contributed by atoms with Crippen LogP contribution in [0.15, 0.2) is 41.0 Å². The van der Waals surface area contributed by atoms with Gasteiger partial charge in [-0.2, -0.15) is 0 Å². The largest absolute Gasteiger partial charge is 0.459 e. The fourth-order valence-corrected chi connectivity index (χ4v) is 3.98. The maximum atomic E-state index is 12.1. The van der Waals surface area contributed by atoms with Crippen molar-refractivity contribution in [1.29, 1.82) is 0 Å². The average molecular weight is 320 g/mol. The molecule has 0 spiro atoms. The highest BCUT2D eigenvalue weighted by Gasteiger charge is 2.28. The van der Waals surface area contributed by atoms with Crippen molar-refractivity contribution in [2.45, 2.75) is 13.3 Å². The molecule has 6 nitrogen and oxygen atoms in total. The molecule has 1 aliphatic rings. The summed E-state index contributed by atoms with van der Waals surface area (Å²) in [7, 11) is -3.24. The highest BCUT2D eigenvalue weighted by atomic mass is 32.2. The number of nitrogens with one attached hydrogen (secondary N) is 1. The number of anilines is 2. The number of hydrogen-bond acceptors (Lipinski definition) is 4. The van der Waals surface area contributed by atoms with E-state index in [-0.39, 0.29) is 17.4 Å². The Morgan fingerprint density at radius 1 is 1.32 bits per heavy atom. The fraction of sp³-hybridized carbons (Fsp3) is 0.267. The van der Waals surface area contributed by atoms with E-state index in [1.807, 2.05) is 6.92 Å². The van der Waals surface area contributed by atoms with Gasteiger partial charge < -0.3 is 9.73 Å². The van der Waals surface area contributed by atoms with E-state index in [0.29, 0.717) is 24.3 Å². The summed E-state index contributed by atoms with van der Waals surface area (Å²) in [4.78, 5) is 12.1. The van der Waals surface area contributed by atoms with E-state index in [0.717, 1.165) is 5.56 Å². The van der Waals surface area contributed by atoms with Crippen LogP contribution in [-0.2, 0) is 10.0 Å². The van der Waals surface area contributed by atoms with Crippen LogP contribution in [0.3, 0.4) is 0 Å². The lowest BCUT2D eigenvalue weighted by molar-refractivity contribution is 0.0996. The van der Waals surface area contributed by atoms with Gasteiger partial charge in [-0.05, 0) is 43.2 Å². The van der Waals surface area contributed by atoms with Gasteiger partial charge in [-0.3, -0.25) is 9.10 Å². The summed E-state index contributed by atoms with van der Waals surface area (Å²) in [6.45, 7) is 2.32. The summed E-state index contributed by atoms with van der Waals surface area (Å²) in [6, 6.07) is 8.43. The first-order chi connectivity index (χ1) is 10.5. The molecule has 1 aliphatic heterocycles. The van der Waals surface area contributed by atoms with Crippen molar-refractivity contribution in [2.24, 2.45) is 0 Å². The van der Waals surface area contributed by atoms with E-state index in [1.165, 1.54) is 10.6 Å². The fourth-order valence-electron chi connectivity index (χ4n) is 2.42. The molecule has 0 bridgehead atoms. The van der Waals surface area contributed by atoms with Crippen LogP contribution in [0.1, 0.15) is 22.5 Å². The minimum absolute atomic E-state index is 0.162. The van der Waals surface area contributed by atoms with Gasteiger partial charge in [0, 0.05) is 12.2 Å². The molecule has 0 saturated carbocycles. The van der Waals surface area contributed by atoms with Gasteiger partial charge in [0.1, 0.15) is 0 Å². The zero-order valence-electron chi connectivity index (χ0n) is 12.1. The second-order valence-electron chi connectivity index (χ2n) is 5.17. The second-order valence-corrected chi connectivity index (χ2v) is 7.19. The number of benzene rings is 1. The van der Waals surface area contributed by atoms with Crippen molar-refractivity contribution in [3.8, 4) is 0 Å². The zero-order valence-corrected chi connectivity index (χ0v) is 12.9. The van der Waals surface area contributed by atoms with Crippen LogP contribution >= 0.6 is 0 Å². The van der Waals surface area contributed by atoms with Gasteiger partial charge in [0.2, 0.25) is 10.0 Å². The lowest BCUT2D eigenvalue weighted by Gasteiger charge is -2.18. The maximum absolute atomic E-state index is 12.1. The van der Waals surface area contributed by atoms with Gasteiger partial charge in [0.15, 0.2) is 5.76 Å². The number of amides is 1. The highest BCUT2D eigenvalue weighted by Crippen LogP contribution is 2.28. The van der Waals surface area contributed by atoms with Gasteiger partial charge >= 0.3 is 0 Å². The summed E-state index contributed by atoms with van der Waals surface area (Å²) >= 11 is 0. The molecule has 0 radical (unpaired) electrons. The summed E-state index contributed by atoms with van der Waals surface area (Å²) in [6.07, 6.45) is 2.04. The standard InChI is InChI=1S/C15H16N2O4S/c1-11-5-6-12(17-7-3-9-22(17,19)20)10-13(11)16-15(18)14-4-2-8-21-14/h2,4-6,8,10H,3,7,9H2,1H3,(H,16,18). The molecule has 0 aliphatic carbocycles. The lowest BCUT2D eigenvalue weighted by Crippen LogP contribution is -2.25. The SMILES string of the molecule is Cc1ccc(N2CCCS2(=O)=O)cc1NC(=O)c1ccco1. The Bertz CT molecular complexity index is 797. The normalized spacial score (nSPS) is 16.7. The smallest absolute Gasteiger partial charge is 0.291 e. The van der Waals surface area contributed by atoms with Crippen LogP contribution in [0.2, 0.25) is 0 Å². The monoisotopic (exact) mass is 320 g/mol. The van der Waals surface area contributed by atoms with E-state index in [4.69, 9.17) is 4.42 Å². The Balaban J connectivity index is 1.89. The summed E-state index contributed by atoms with van der Waals surface area (Å²) < 4.78 is 30.4. The van der Waals surface area contributed by atoms with Crippen LogP contribution in [-0.4, -0.2) is 26.6 Å². The minimum atomic E-state index is -3.24. The Kier molecular flexibility index (Phi) is 3.66. The Hall–Kier alpha value is -2.28. The third-order valence-corrected chi connectivity index (χ3v) is 5.47. The van der Waals surface area contributed by atoms with E-state index < -0.39 is 10.0 Å². The first-order valence-corrected chi connectivity index (χ1v) is 8.54. The predicted molar refractivity (Wildman–Crippen MR) is 83.6 cm³/mol. The second kappa shape index (κ2) is 5.49. The van der Waals surface area contributed by atoms with E-state index >= 15 is 0 Å². The highest BCUT2D eigenvalue weighted by molar-refractivity contribution is 7.93. The van der Waals surface area contributed by atoms with Gasteiger partial charge in [0.05, 0.1) is 17.7 Å². The molecule has 7 heteroatoms. The average Bonchev–Trinajstić information content (AvgIpc) is 3.10. The zero-order chi connectivity index (χ0) is 15.7. The molecule has 0 unspecified atom stereocenters. The molecular formula is C15H16N2O4S. The van der Waals surface area contributed by atoms with Crippen LogP contribution < -0.4 is 9.62 Å². The quantitative estimate of drug-likeness (QED) is 0.941. The van der Waals surface area contributed by atoms with Crippen LogP contribution in [0, 0.1) is 6.92 Å².